The number of fused-ring (bicyclic) bond motifs is 1. The molecule has 1 atom stereocenters. The van der Waals surface area contributed by atoms with Gasteiger partial charge in [0, 0.05) is 12.6 Å². The molecule has 0 amide bonds. The Hall–Kier alpha value is -1.74. The van der Waals surface area contributed by atoms with Crippen LogP contribution < -0.4 is 5.32 Å². The van der Waals surface area contributed by atoms with Gasteiger partial charge in [-0.1, -0.05) is 25.2 Å². The fraction of sp³-hybridized carbons (Fsp3) is 0.444. The number of aromatic nitrogens is 1. The minimum Gasteiger partial charge on any atom is -0.479 e. The molecule has 1 aromatic heterocycles. The summed E-state index contributed by atoms with van der Waals surface area (Å²) in [4.78, 5) is 0. The van der Waals surface area contributed by atoms with Gasteiger partial charge in [0.1, 0.15) is 5.76 Å². The Morgan fingerprint density at radius 2 is 2.19 bits per heavy atom. The van der Waals surface area contributed by atoms with Gasteiger partial charge in [0.25, 0.3) is 0 Å². The van der Waals surface area contributed by atoms with Crippen molar-refractivity contribution in [1.82, 2.24) is 9.88 Å². The maximum Gasteiger partial charge on any atom is 0.150 e. The van der Waals surface area contributed by atoms with Crippen molar-refractivity contribution >= 4 is 5.70 Å². The van der Waals surface area contributed by atoms with Crippen molar-refractivity contribution in [3.8, 4) is 0 Å². The lowest BCUT2D eigenvalue weighted by Gasteiger charge is -2.40. The summed E-state index contributed by atoms with van der Waals surface area (Å²) in [6, 6.07) is 4.28. The lowest BCUT2D eigenvalue weighted by molar-refractivity contribution is -0.0198. The van der Waals surface area contributed by atoms with Crippen LogP contribution in [0, 0.1) is 0 Å². The zero-order valence-electron chi connectivity index (χ0n) is 13.5. The molecule has 1 aromatic rings. The highest BCUT2D eigenvalue weighted by Crippen LogP contribution is 2.43. The van der Waals surface area contributed by atoms with Crippen molar-refractivity contribution in [2.45, 2.75) is 39.2 Å². The van der Waals surface area contributed by atoms with Crippen molar-refractivity contribution in [3.63, 3.8) is 0 Å². The van der Waals surface area contributed by atoms with E-state index >= 15 is 0 Å². The van der Waals surface area contributed by atoms with E-state index in [1.807, 2.05) is 26.1 Å². The molecule has 3 heteroatoms. The normalized spacial score (nSPS) is 25.5. The van der Waals surface area contributed by atoms with Crippen LogP contribution in [0.5, 0.6) is 0 Å². The maximum atomic E-state index is 6.50. The van der Waals surface area contributed by atoms with Crippen molar-refractivity contribution < 1.29 is 4.74 Å². The van der Waals surface area contributed by atoms with E-state index in [9.17, 15) is 0 Å². The quantitative estimate of drug-likeness (QED) is 0.883. The van der Waals surface area contributed by atoms with Crippen LogP contribution in [0.25, 0.3) is 5.70 Å². The first-order chi connectivity index (χ1) is 10.2. The Morgan fingerprint density at radius 1 is 1.38 bits per heavy atom. The lowest BCUT2D eigenvalue weighted by Crippen LogP contribution is -2.38. The third kappa shape index (κ3) is 2.84. The Balaban J connectivity index is 2.54. The summed E-state index contributed by atoms with van der Waals surface area (Å²) in [6.45, 7) is 7.20. The van der Waals surface area contributed by atoms with Crippen LogP contribution in [-0.4, -0.2) is 18.2 Å². The minimum absolute atomic E-state index is 0.258. The largest absolute Gasteiger partial charge is 0.479 e. The smallest absolute Gasteiger partial charge is 0.150 e. The van der Waals surface area contributed by atoms with Crippen LogP contribution >= 0.6 is 0 Å². The summed E-state index contributed by atoms with van der Waals surface area (Å²) in [5.74, 6) is 0.942. The zero-order valence-corrected chi connectivity index (χ0v) is 13.5. The molecule has 0 bridgehead atoms. The summed E-state index contributed by atoms with van der Waals surface area (Å²) in [7, 11) is 1.99. The molecule has 2 rings (SSSR count). The van der Waals surface area contributed by atoms with Crippen LogP contribution in [0.2, 0.25) is 0 Å². The van der Waals surface area contributed by atoms with Gasteiger partial charge < -0.3 is 14.6 Å². The summed E-state index contributed by atoms with van der Waals surface area (Å²) < 4.78 is 8.76. The number of ether oxygens (including phenoxy) is 1. The van der Waals surface area contributed by atoms with Gasteiger partial charge in [-0.05, 0) is 52.1 Å². The minimum atomic E-state index is -0.258. The van der Waals surface area contributed by atoms with Crippen molar-refractivity contribution in [2.24, 2.45) is 0 Å². The first-order valence-electron chi connectivity index (χ1n) is 7.74. The standard InChI is InChI=1S/C18H26N2O/c1-5-8-10-16-15(6-2)20-14-9-11-17(20)18(7-3,21-16)12-13-19-4/h5-6,8-11,14,19H,7,12-13H2,1-4H3/b8-5-,15-6+,16-10+. The molecule has 2 heterocycles. The van der Waals surface area contributed by atoms with E-state index in [4.69, 9.17) is 4.74 Å². The molecule has 0 aliphatic carbocycles. The predicted octanol–water partition coefficient (Wildman–Crippen LogP) is 4.05. The fourth-order valence-corrected chi connectivity index (χ4v) is 2.92. The first kappa shape index (κ1) is 15.6. The molecule has 1 aliphatic rings. The molecule has 0 fully saturated rings. The molecule has 1 unspecified atom stereocenters. The monoisotopic (exact) mass is 286 g/mol. The van der Waals surface area contributed by atoms with E-state index in [-0.39, 0.29) is 5.60 Å². The van der Waals surface area contributed by atoms with Gasteiger partial charge in [-0.2, -0.15) is 0 Å². The highest BCUT2D eigenvalue weighted by Gasteiger charge is 2.40. The second-order valence-electron chi connectivity index (χ2n) is 5.30. The van der Waals surface area contributed by atoms with Crippen LogP contribution in [0.3, 0.4) is 0 Å². The Morgan fingerprint density at radius 3 is 2.81 bits per heavy atom. The van der Waals surface area contributed by atoms with Gasteiger partial charge in [0.2, 0.25) is 0 Å². The average Bonchev–Trinajstić information content (AvgIpc) is 3.00. The predicted molar refractivity (Wildman–Crippen MR) is 88.9 cm³/mol. The third-order valence-electron chi connectivity index (χ3n) is 4.10. The molecule has 21 heavy (non-hydrogen) atoms. The molecule has 0 saturated carbocycles. The molecule has 0 spiro atoms. The molecule has 0 saturated heterocycles. The maximum absolute atomic E-state index is 6.50. The Labute approximate surface area is 128 Å². The number of nitrogens with one attached hydrogen (secondary N) is 1. The molecule has 1 aliphatic heterocycles. The fourth-order valence-electron chi connectivity index (χ4n) is 2.92. The first-order valence-corrected chi connectivity index (χ1v) is 7.74. The SMILES string of the molecule is C\C=C/C=C1/OC(CC)(CCNC)c2cccn2/C1=C/C. The van der Waals surface area contributed by atoms with Gasteiger partial charge in [-0.25, -0.2) is 0 Å². The molecular formula is C18H26N2O. The van der Waals surface area contributed by atoms with Crippen LogP contribution in [0.4, 0.5) is 0 Å². The molecular weight excluding hydrogens is 260 g/mol. The third-order valence-corrected chi connectivity index (χ3v) is 4.10. The number of allylic oxidation sites excluding steroid dienone is 5. The Kier molecular flexibility index (Phi) is 5.07. The van der Waals surface area contributed by atoms with Gasteiger partial charge >= 0.3 is 0 Å². The number of hydrogen-bond donors (Lipinski definition) is 1. The highest BCUT2D eigenvalue weighted by molar-refractivity contribution is 5.65. The van der Waals surface area contributed by atoms with E-state index in [1.165, 1.54) is 5.69 Å². The highest BCUT2D eigenvalue weighted by atomic mass is 16.5. The number of hydrogen-bond acceptors (Lipinski definition) is 2. The van der Waals surface area contributed by atoms with E-state index in [0.29, 0.717) is 0 Å². The lowest BCUT2D eigenvalue weighted by atomic mass is 9.90. The van der Waals surface area contributed by atoms with Gasteiger partial charge in [-0.3, -0.25) is 0 Å². The topological polar surface area (TPSA) is 26.2 Å². The summed E-state index contributed by atoms with van der Waals surface area (Å²) in [5.41, 5.74) is 2.10. The van der Waals surface area contributed by atoms with E-state index in [1.54, 1.807) is 0 Å². The summed E-state index contributed by atoms with van der Waals surface area (Å²) >= 11 is 0. The van der Waals surface area contributed by atoms with Crippen LogP contribution in [0.15, 0.2) is 48.4 Å². The molecule has 3 nitrogen and oxygen atoms in total. The van der Waals surface area contributed by atoms with Crippen molar-refractivity contribution in [1.29, 1.82) is 0 Å². The van der Waals surface area contributed by atoms with Gasteiger partial charge in [0.05, 0.1) is 11.4 Å². The second kappa shape index (κ2) is 6.81. The zero-order chi connectivity index (χ0) is 15.3. The molecule has 114 valence electrons. The molecule has 0 radical (unpaired) electrons. The Bertz CT molecular complexity index is 566. The summed E-state index contributed by atoms with van der Waals surface area (Å²) in [5, 5.41) is 3.24. The average molecular weight is 286 g/mol. The van der Waals surface area contributed by atoms with E-state index in [2.05, 4.69) is 54.2 Å². The molecule has 0 aromatic carbocycles. The second-order valence-corrected chi connectivity index (χ2v) is 5.30. The van der Waals surface area contributed by atoms with Gasteiger partial charge in [0.15, 0.2) is 5.60 Å². The number of rotatable bonds is 5. The van der Waals surface area contributed by atoms with Crippen LogP contribution in [0.1, 0.15) is 39.3 Å². The summed E-state index contributed by atoms with van der Waals surface area (Å²) in [6.07, 6.45) is 12.2. The van der Waals surface area contributed by atoms with E-state index in [0.717, 1.165) is 30.8 Å². The van der Waals surface area contributed by atoms with Crippen LogP contribution in [-0.2, 0) is 10.3 Å². The number of nitrogens with zero attached hydrogens (tertiary/aromatic N) is 1. The van der Waals surface area contributed by atoms with E-state index < -0.39 is 0 Å². The van der Waals surface area contributed by atoms with Crippen molar-refractivity contribution in [2.75, 3.05) is 13.6 Å². The molecule has 1 N–H and O–H groups in total. The van der Waals surface area contributed by atoms with Gasteiger partial charge in [-0.15, -0.1) is 0 Å². The van der Waals surface area contributed by atoms with Crippen molar-refractivity contribution in [3.05, 3.63) is 54.1 Å².